The number of carbonyl (C=O) groups is 4. The highest BCUT2D eigenvalue weighted by molar-refractivity contribution is 6.09. The van der Waals surface area contributed by atoms with Crippen LogP contribution >= 0.6 is 0 Å². The van der Waals surface area contributed by atoms with Crippen molar-refractivity contribution in [1.82, 2.24) is 21.0 Å². The van der Waals surface area contributed by atoms with E-state index in [2.05, 4.69) is 61.8 Å². The maximum atomic E-state index is 14.1. The van der Waals surface area contributed by atoms with Gasteiger partial charge >= 0.3 is 0 Å². The second-order valence-electron chi connectivity index (χ2n) is 13.8. The van der Waals surface area contributed by atoms with Crippen LogP contribution in [0.15, 0.2) is 89.1 Å². The minimum atomic E-state index is -0.658. The van der Waals surface area contributed by atoms with Crippen molar-refractivity contribution in [1.29, 1.82) is 0 Å². The lowest BCUT2D eigenvalue weighted by Gasteiger charge is -2.38. The zero-order valence-electron chi connectivity index (χ0n) is 31.8. The van der Waals surface area contributed by atoms with Crippen LogP contribution in [-0.4, -0.2) is 72.7 Å². The molecule has 54 heavy (non-hydrogen) atoms. The average Bonchev–Trinajstić information content (AvgIpc) is 3.17. The lowest BCUT2D eigenvalue weighted by Crippen LogP contribution is -2.33. The van der Waals surface area contributed by atoms with E-state index in [-0.39, 0.29) is 41.5 Å². The fourth-order valence-electron chi connectivity index (χ4n) is 7.08. The van der Waals surface area contributed by atoms with Crippen LogP contribution in [0.2, 0.25) is 0 Å². The number of fused-ring (bicyclic) bond motifs is 2. The monoisotopic (exact) mass is 733 g/mol. The Labute approximate surface area is 317 Å². The lowest BCUT2D eigenvalue weighted by atomic mass is 9.72. The minimum absolute atomic E-state index is 0.101. The van der Waals surface area contributed by atoms with E-state index in [1.807, 2.05) is 25.1 Å². The smallest absolute Gasteiger partial charge is 0.274 e. The molecule has 0 bridgehead atoms. The van der Waals surface area contributed by atoms with E-state index >= 15 is 0 Å². The maximum Gasteiger partial charge on any atom is 0.274 e. The number of carbonyl (C=O) groups excluding carboxylic acids is 4. The van der Waals surface area contributed by atoms with Crippen LogP contribution in [0.5, 0.6) is 5.75 Å². The number of nitrogens with zero attached hydrogens (tertiary/aromatic N) is 2. The summed E-state index contributed by atoms with van der Waals surface area (Å²) in [7, 11) is 1.78. The van der Waals surface area contributed by atoms with Crippen molar-refractivity contribution in [3.63, 3.8) is 0 Å². The third-order valence-corrected chi connectivity index (χ3v) is 9.92. The third-order valence-electron chi connectivity index (χ3n) is 9.92. The average molecular weight is 734 g/mol. The number of aryl methyl sites for hydroxylation is 2. The number of ether oxygens (including phenoxy) is 1. The molecule has 3 aromatic carbocycles. The van der Waals surface area contributed by atoms with Crippen LogP contribution in [0.3, 0.4) is 0 Å². The van der Waals surface area contributed by atoms with E-state index < -0.39 is 5.91 Å². The Balaban J connectivity index is 1.19. The second-order valence-corrected chi connectivity index (χ2v) is 13.8. The molecule has 0 radical (unpaired) electrons. The van der Waals surface area contributed by atoms with Crippen molar-refractivity contribution in [2.45, 2.75) is 65.7 Å². The number of amides is 4. The first-order valence-corrected chi connectivity index (χ1v) is 18.8. The van der Waals surface area contributed by atoms with Crippen LogP contribution in [0, 0.1) is 12.8 Å². The van der Waals surface area contributed by atoms with Crippen LogP contribution in [0.4, 0.5) is 0 Å². The van der Waals surface area contributed by atoms with E-state index in [1.165, 1.54) is 35.4 Å². The lowest BCUT2D eigenvalue weighted by molar-refractivity contribution is -0.121. The highest BCUT2D eigenvalue weighted by Gasteiger charge is 2.39. The van der Waals surface area contributed by atoms with Gasteiger partial charge in [-0.05, 0) is 98.7 Å². The molecule has 2 unspecified atom stereocenters. The molecule has 4 amide bonds. The molecule has 1 heterocycles. The fourth-order valence-corrected chi connectivity index (χ4v) is 7.08. The van der Waals surface area contributed by atoms with Gasteiger partial charge in [0.05, 0.1) is 5.71 Å². The molecule has 284 valence electrons. The summed E-state index contributed by atoms with van der Waals surface area (Å²) in [4.78, 5) is 56.9. The molecular formula is C43H51N5O6. The van der Waals surface area contributed by atoms with Gasteiger partial charge < -0.3 is 20.3 Å². The summed E-state index contributed by atoms with van der Waals surface area (Å²) >= 11 is 0. The Hall–Kier alpha value is -5.55. The first-order valence-electron chi connectivity index (χ1n) is 18.8. The van der Waals surface area contributed by atoms with Gasteiger partial charge in [0.15, 0.2) is 0 Å². The summed E-state index contributed by atoms with van der Waals surface area (Å²) in [6, 6.07) is 18.1. The Kier molecular flexibility index (Phi) is 13.6. The van der Waals surface area contributed by atoms with Gasteiger partial charge in [0, 0.05) is 79.8 Å². The second kappa shape index (κ2) is 18.5. The molecule has 0 aromatic heterocycles. The number of aliphatic imine (C=N–C) groups is 1. The molecule has 0 saturated heterocycles. The van der Waals surface area contributed by atoms with Gasteiger partial charge in [0.25, 0.3) is 17.7 Å². The summed E-state index contributed by atoms with van der Waals surface area (Å²) in [5.74, 6) is 0.230. The molecular weight excluding hydrogens is 683 g/mol. The molecule has 2 atom stereocenters. The predicted molar refractivity (Wildman–Crippen MR) is 209 cm³/mol. The fraction of sp³-hybridized carbons (Fsp3) is 0.372. The molecule has 3 aromatic rings. The topological polar surface area (TPSA) is 149 Å². The SMILES string of the molecule is CCCc1cc2c(cc1C)C(c1ccccc1C(=O)N(C)CCCC(=O)NCCCNC(=O)c1ccc(C(=O)NO)cc1)C1C=C(C)C(=NCC)C=C1O2. The highest BCUT2D eigenvalue weighted by atomic mass is 16.5. The van der Waals surface area contributed by atoms with Gasteiger partial charge in [-0.2, -0.15) is 0 Å². The molecule has 11 nitrogen and oxygen atoms in total. The normalized spacial score (nSPS) is 16.6. The van der Waals surface area contributed by atoms with Gasteiger partial charge in [0.1, 0.15) is 11.5 Å². The summed E-state index contributed by atoms with van der Waals surface area (Å²) in [5.41, 5.74) is 9.27. The standard InChI is InChI=1S/C43H51N5O6/c1-6-12-31-25-37-34(23-27(31)3)40(35-24-28(4)36(44-7-2)26-38(35)54-37)32-13-8-9-14-33(32)43(52)48(5)22-10-15-39(49)45-20-11-21-46-41(50)29-16-18-30(19-17-29)42(51)47-53/h8-9,13-14,16-19,23-26,35,40,53H,6-7,10-12,15,20-22H2,1-5H3,(H,45,49)(H,46,50)(H,47,51). The first kappa shape index (κ1) is 39.7. The van der Waals surface area contributed by atoms with Gasteiger partial charge in [-0.25, -0.2) is 5.48 Å². The summed E-state index contributed by atoms with van der Waals surface area (Å²) in [6.45, 7) is 10.2. The Morgan fingerprint density at radius 3 is 2.30 bits per heavy atom. The van der Waals surface area contributed by atoms with Crippen molar-refractivity contribution < 1.29 is 29.1 Å². The number of hydrogen-bond donors (Lipinski definition) is 4. The number of rotatable bonds is 15. The zero-order valence-corrected chi connectivity index (χ0v) is 31.8. The molecule has 11 heteroatoms. The summed E-state index contributed by atoms with van der Waals surface area (Å²) in [5, 5.41) is 14.4. The van der Waals surface area contributed by atoms with Crippen LogP contribution in [0.25, 0.3) is 0 Å². The van der Waals surface area contributed by atoms with Crippen LogP contribution < -0.4 is 20.9 Å². The van der Waals surface area contributed by atoms with Crippen molar-refractivity contribution in [3.05, 3.63) is 123 Å². The van der Waals surface area contributed by atoms with E-state index in [1.54, 1.807) is 17.4 Å². The molecule has 1 aliphatic heterocycles. The van der Waals surface area contributed by atoms with Gasteiger partial charge in [-0.3, -0.25) is 29.4 Å². The van der Waals surface area contributed by atoms with E-state index in [9.17, 15) is 19.2 Å². The van der Waals surface area contributed by atoms with E-state index in [0.29, 0.717) is 50.1 Å². The van der Waals surface area contributed by atoms with E-state index in [0.717, 1.165) is 46.8 Å². The quantitative estimate of drug-likeness (QED) is 0.0819. The summed E-state index contributed by atoms with van der Waals surface area (Å²) in [6.07, 6.45) is 7.56. The van der Waals surface area contributed by atoms with Gasteiger partial charge in [0.2, 0.25) is 5.91 Å². The van der Waals surface area contributed by atoms with Crippen LogP contribution in [-0.2, 0) is 11.2 Å². The highest BCUT2D eigenvalue weighted by Crippen LogP contribution is 2.49. The Morgan fingerprint density at radius 1 is 0.889 bits per heavy atom. The largest absolute Gasteiger partial charge is 0.461 e. The van der Waals surface area contributed by atoms with Crippen molar-refractivity contribution >= 4 is 29.3 Å². The number of allylic oxidation sites excluding steroid dienone is 3. The minimum Gasteiger partial charge on any atom is -0.461 e. The number of hydrogen-bond acceptors (Lipinski definition) is 7. The van der Waals surface area contributed by atoms with Crippen LogP contribution in [0.1, 0.15) is 106 Å². The molecule has 0 saturated carbocycles. The Bertz CT molecular complexity index is 1960. The molecule has 4 N–H and O–H groups in total. The van der Waals surface area contributed by atoms with E-state index in [4.69, 9.17) is 14.9 Å². The maximum absolute atomic E-state index is 14.1. The first-order chi connectivity index (χ1) is 26.1. The van der Waals surface area contributed by atoms with Crippen molar-refractivity contribution in [2.24, 2.45) is 10.9 Å². The Morgan fingerprint density at radius 2 is 1.59 bits per heavy atom. The van der Waals surface area contributed by atoms with Gasteiger partial charge in [-0.1, -0.05) is 43.7 Å². The van der Waals surface area contributed by atoms with Crippen molar-refractivity contribution in [3.8, 4) is 5.75 Å². The number of hydroxylamine groups is 1. The molecule has 5 rings (SSSR count). The molecule has 1 aliphatic carbocycles. The van der Waals surface area contributed by atoms with Gasteiger partial charge in [-0.15, -0.1) is 0 Å². The van der Waals surface area contributed by atoms with Crippen molar-refractivity contribution in [2.75, 3.05) is 33.2 Å². The zero-order chi connectivity index (χ0) is 38.8. The number of nitrogens with one attached hydrogen (secondary N) is 3. The molecule has 0 fully saturated rings. The third kappa shape index (κ3) is 9.32. The molecule has 2 aliphatic rings. The number of benzene rings is 3. The molecule has 0 spiro atoms. The predicted octanol–water partition coefficient (Wildman–Crippen LogP) is 6.30. The summed E-state index contributed by atoms with van der Waals surface area (Å²) < 4.78 is 6.63.